The van der Waals surface area contributed by atoms with Crippen LogP contribution < -0.4 is 5.09 Å². The highest BCUT2D eigenvalue weighted by atomic mass is 79.9. The topological polar surface area (TPSA) is 51.0 Å². The predicted molar refractivity (Wildman–Crippen MR) is 57.6 cm³/mol. The second kappa shape index (κ2) is 3.24. The van der Waals surface area contributed by atoms with Crippen LogP contribution in [0.15, 0.2) is 15.2 Å². The molecule has 1 N–H and O–H groups in total. The third-order valence-corrected chi connectivity index (χ3v) is 2.92. The minimum absolute atomic E-state index is 0.668. The summed E-state index contributed by atoms with van der Waals surface area (Å²) >= 11 is 3.40. The van der Waals surface area contributed by atoms with Crippen molar-refractivity contribution in [1.29, 1.82) is 0 Å². The Morgan fingerprint density at radius 3 is 3.00 bits per heavy atom. The summed E-state index contributed by atoms with van der Waals surface area (Å²) in [5, 5.41) is 2.86. The van der Waals surface area contributed by atoms with Gasteiger partial charge in [-0.05, 0) is 32.2 Å². The Kier molecular flexibility index (Phi) is 2.22. The van der Waals surface area contributed by atoms with Crippen molar-refractivity contribution >= 4 is 42.2 Å². The van der Waals surface area contributed by atoms with Crippen LogP contribution in [0.2, 0.25) is 0 Å². The lowest BCUT2D eigenvalue weighted by Gasteiger charge is -1.96. The molecule has 0 saturated carbocycles. The number of anilines is 1. The van der Waals surface area contributed by atoms with Crippen molar-refractivity contribution in [3.8, 4) is 0 Å². The molecule has 0 bridgehead atoms. The van der Waals surface area contributed by atoms with Crippen LogP contribution in [-0.4, -0.2) is 9.97 Å². The maximum Gasteiger partial charge on any atom is 0.196 e. The van der Waals surface area contributed by atoms with Crippen molar-refractivity contribution in [3.63, 3.8) is 0 Å². The first-order chi connectivity index (χ1) is 6.24. The Labute approximate surface area is 85.5 Å². The van der Waals surface area contributed by atoms with Crippen molar-refractivity contribution in [2.24, 2.45) is 0 Å². The molecule has 2 heterocycles. The van der Waals surface area contributed by atoms with Gasteiger partial charge in [0.25, 0.3) is 0 Å². The Morgan fingerprint density at radius 2 is 2.31 bits per heavy atom. The number of hydrogen-bond donors (Lipinski definition) is 1. The summed E-state index contributed by atoms with van der Waals surface area (Å²) < 4.78 is 6.35. The molecule has 2 rings (SSSR count). The number of nitrogens with one attached hydrogen (secondary N) is 1. The first-order valence-electron chi connectivity index (χ1n) is 3.60. The van der Waals surface area contributed by atoms with Crippen molar-refractivity contribution in [3.05, 3.63) is 16.6 Å². The van der Waals surface area contributed by atoms with Crippen LogP contribution in [0.4, 0.5) is 5.82 Å². The highest BCUT2D eigenvalue weighted by Gasteiger charge is 2.12. The zero-order valence-corrected chi connectivity index (χ0v) is 9.58. The van der Waals surface area contributed by atoms with Crippen molar-refractivity contribution in [2.75, 3.05) is 5.09 Å². The summed E-state index contributed by atoms with van der Waals surface area (Å²) in [4.78, 5) is 8.13. The second-order valence-corrected chi connectivity index (χ2v) is 3.60. The molecule has 2 aromatic rings. The Bertz CT molecular complexity index is 456. The quantitative estimate of drug-likeness (QED) is 0.800. The first-order valence-corrected chi connectivity index (χ1v) is 4.97. The van der Waals surface area contributed by atoms with Gasteiger partial charge in [0.05, 0.1) is 4.47 Å². The number of nitrogens with zero attached hydrogens (tertiary/aromatic N) is 2. The second-order valence-electron chi connectivity index (χ2n) is 2.52. The maximum absolute atomic E-state index is 5.47. The number of aromatic nitrogens is 2. The molecule has 0 aromatic carbocycles. The first kappa shape index (κ1) is 8.91. The fourth-order valence-corrected chi connectivity index (χ4v) is 1.66. The van der Waals surface area contributed by atoms with Gasteiger partial charge in [-0.1, -0.05) is 0 Å². The van der Waals surface area contributed by atoms with Crippen LogP contribution in [0.1, 0.15) is 5.76 Å². The van der Waals surface area contributed by atoms with E-state index in [2.05, 4.69) is 40.4 Å². The molecular formula is C7H7BrN3OP. The summed E-state index contributed by atoms with van der Waals surface area (Å²) in [6, 6.07) is 0. The molecule has 0 radical (unpaired) electrons. The van der Waals surface area contributed by atoms with Crippen molar-refractivity contribution in [1.82, 2.24) is 9.97 Å². The molecule has 13 heavy (non-hydrogen) atoms. The monoisotopic (exact) mass is 259 g/mol. The predicted octanol–water partition coefficient (Wildman–Crippen LogP) is 2.50. The SMILES string of the molecule is Cc1oc2c(NP)ncnc2c1Br. The lowest BCUT2D eigenvalue weighted by Crippen LogP contribution is -1.86. The third-order valence-electron chi connectivity index (χ3n) is 1.71. The van der Waals surface area contributed by atoms with Gasteiger partial charge in [-0.2, -0.15) is 0 Å². The molecule has 4 nitrogen and oxygen atoms in total. The zero-order valence-electron chi connectivity index (χ0n) is 6.84. The van der Waals surface area contributed by atoms with E-state index in [1.54, 1.807) is 0 Å². The van der Waals surface area contributed by atoms with Gasteiger partial charge >= 0.3 is 0 Å². The minimum atomic E-state index is 0.668. The third kappa shape index (κ3) is 1.32. The van der Waals surface area contributed by atoms with Gasteiger partial charge < -0.3 is 9.50 Å². The summed E-state index contributed by atoms with van der Waals surface area (Å²) in [5.41, 5.74) is 1.46. The van der Waals surface area contributed by atoms with Crippen molar-refractivity contribution < 1.29 is 4.42 Å². The summed E-state index contributed by atoms with van der Waals surface area (Å²) in [5.74, 6) is 1.47. The van der Waals surface area contributed by atoms with Gasteiger partial charge in [-0.3, -0.25) is 0 Å². The average molecular weight is 260 g/mol. The van der Waals surface area contributed by atoms with Crippen LogP contribution >= 0.6 is 25.3 Å². The minimum Gasteiger partial charge on any atom is -0.455 e. The molecule has 0 aliphatic carbocycles. The fraction of sp³-hybridized carbons (Fsp3) is 0.143. The highest BCUT2D eigenvalue weighted by molar-refractivity contribution is 9.10. The Balaban J connectivity index is 2.84. The normalized spacial score (nSPS) is 10.7. The van der Waals surface area contributed by atoms with Crippen LogP contribution in [-0.2, 0) is 0 Å². The van der Waals surface area contributed by atoms with E-state index in [1.165, 1.54) is 6.33 Å². The van der Waals surface area contributed by atoms with E-state index >= 15 is 0 Å². The Hall–Kier alpha value is -0.670. The number of hydrogen-bond acceptors (Lipinski definition) is 4. The van der Waals surface area contributed by atoms with E-state index in [4.69, 9.17) is 4.42 Å². The molecule has 0 spiro atoms. The molecule has 0 fully saturated rings. The van der Waals surface area contributed by atoms with E-state index in [1.807, 2.05) is 6.92 Å². The van der Waals surface area contributed by atoms with Crippen molar-refractivity contribution in [2.45, 2.75) is 6.92 Å². The molecule has 0 saturated heterocycles. The van der Waals surface area contributed by atoms with Gasteiger partial charge in [0, 0.05) is 0 Å². The number of halogens is 1. The van der Waals surface area contributed by atoms with Gasteiger partial charge in [-0.25, -0.2) is 9.97 Å². The van der Waals surface area contributed by atoms with Gasteiger partial charge in [0.2, 0.25) is 0 Å². The molecule has 2 aromatic heterocycles. The van der Waals surface area contributed by atoms with Crippen LogP contribution in [0.3, 0.4) is 0 Å². The highest BCUT2D eigenvalue weighted by Crippen LogP contribution is 2.31. The lowest BCUT2D eigenvalue weighted by molar-refractivity contribution is 0.575. The standard InChI is InChI=1S/C7H7BrN3OP/c1-3-4(8)5-6(12-3)7(11-13)10-2-9-5/h2H,13H2,1H3,(H,9,10,11). The van der Waals surface area contributed by atoms with Gasteiger partial charge in [0.1, 0.15) is 17.6 Å². The Morgan fingerprint density at radius 1 is 1.54 bits per heavy atom. The van der Waals surface area contributed by atoms with Crippen LogP contribution in [0.25, 0.3) is 11.1 Å². The number of rotatable bonds is 1. The van der Waals surface area contributed by atoms with Crippen LogP contribution in [0.5, 0.6) is 0 Å². The van der Waals surface area contributed by atoms with E-state index < -0.39 is 0 Å². The van der Waals surface area contributed by atoms with Gasteiger partial charge in [0.15, 0.2) is 11.4 Å². The molecule has 68 valence electrons. The fourth-order valence-electron chi connectivity index (χ4n) is 1.09. The molecule has 0 aliphatic heterocycles. The smallest absolute Gasteiger partial charge is 0.196 e. The molecule has 1 unspecified atom stereocenters. The molecule has 0 amide bonds. The molecular weight excluding hydrogens is 253 g/mol. The zero-order chi connectivity index (χ0) is 9.42. The summed E-state index contributed by atoms with van der Waals surface area (Å²) in [6.45, 7) is 1.87. The van der Waals surface area contributed by atoms with Gasteiger partial charge in [-0.15, -0.1) is 0 Å². The largest absolute Gasteiger partial charge is 0.455 e. The summed E-state index contributed by atoms with van der Waals surface area (Å²) in [6.07, 6.45) is 1.49. The average Bonchev–Trinajstić information content (AvgIpc) is 2.43. The number of fused-ring (bicyclic) bond motifs is 1. The molecule has 6 heteroatoms. The van der Waals surface area contributed by atoms with E-state index in [-0.39, 0.29) is 0 Å². The van der Waals surface area contributed by atoms with Crippen LogP contribution in [0, 0.1) is 6.92 Å². The number of furan rings is 1. The lowest BCUT2D eigenvalue weighted by atomic mass is 10.4. The maximum atomic E-state index is 5.47. The summed E-state index contributed by atoms with van der Waals surface area (Å²) in [7, 11) is 2.38. The van der Waals surface area contributed by atoms with E-state index in [0.29, 0.717) is 11.4 Å². The number of aryl methyl sites for hydroxylation is 1. The van der Waals surface area contributed by atoms with E-state index in [9.17, 15) is 0 Å². The molecule has 1 atom stereocenters. The molecule has 0 aliphatic rings. The van der Waals surface area contributed by atoms with E-state index in [0.717, 1.165) is 15.7 Å².